The summed E-state index contributed by atoms with van der Waals surface area (Å²) in [5.41, 5.74) is -0.414. The lowest BCUT2D eigenvalue weighted by atomic mass is 9.48. The topological polar surface area (TPSA) is 82.1 Å². The fraction of sp³-hybridized carbons (Fsp3) is 0.667. The fourth-order valence-electron chi connectivity index (χ4n) is 6.56. The molecule has 1 aromatic carbocycles. The zero-order chi connectivity index (χ0) is 22.4. The van der Waals surface area contributed by atoms with Crippen LogP contribution in [0, 0.1) is 5.41 Å². The molecule has 1 unspecified atom stereocenters. The number of esters is 1. The Morgan fingerprint density at radius 2 is 2.06 bits per heavy atom. The van der Waals surface area contributed by atoms with Crippen LogP contribution >= 0.6 is 0 Å². The van der Waals surface area contributed by atoms with Crippen molar-refractivity contribution in [2.75, 3.05) is 27.4 Å². The van der Waals surface area contributed by atoms with Crippen LogP contribution < -0.4 is 9.47 Å². The first-order valence-corrected chi connectivity index (χ1v) is 11.1. The highest BCUT2D eigenvalue weighted by atomic mass is 16.6. The van der Waals surface area contributed by atoms with E-state index >= 15 is 0 Å². The van der Waals surface area contributed by atoms with E-state index in [1.165, 1.54) is 0 Å². The monoisotopic (exact) mass is 430 g/mol. The van der Waals surface area contributed by atoms with Crippen LogP contribution in [0.25, 0.3) is 0 Å². The number of quaternary nitrogens is 1. The van der Waals surface area contributed by atoms with Gasteiger partial charge in [0.15, 0.2) is 23.4 Å². The van der Waals surface area contributed by atoms with Gasteiger partial charge in [-0.15, -0.1) is 0 Å². The van der Waals surface area contributed by atoms with Gasteiger partial charge in [-0.25, -0.2) is 0 Å². The van der Waals surface area contributed by atoms with E-state index in [9.17, 15) is 14.7 Å². The Morgan fingerprint density at radius 3 is 2.74 bits per heavy atom. The van der Waals surface area contributed by atoms with Crippen molar-refractivity contribution in [1.29, 1.82) is 0 Å². The first-order chi connectivity index (χ1) is 14.5. The van der Waals surface area contributed by atoms with Crippen LogP contribution in [0.15, 0.2) is 12.1 Å². The number of benzene rings is 1. The van der Waals surface area contributed by atoms with Gasteiger partial charge in [0, 0.05) is 24.8 Å². The van der Waals surface area contributed by atoms with Crippen molar-refractivity contribution in [2.45, 2.75) is 69.6 Å². The lowest BCUT2D eigenvalue weighted by Gasteiger charge is -2.63. The van der Waals surface area contributed by atoms with Crippen molar-refractivity contribution in [3.8, 4) is 11.5 Å². The second-order valence-electron chi connectivity index (χ2n) is 11.0. The van der Waals surface area contributed by atoms with Crippen LogP contribution in [0.5, 0.6) is 11.5 Å². The molecule has 1 saturated heterocycles. The maximum absolute atomic E-state index is 13.0. The van der Waals surface area contributed by atoms with Crippen LogP contribution in [-0.2, 0) is 26.2 Å². The number of methoxy groups -OCH3 is 1. The summed E-state index contributed by atoms with van der Waals surface area (Å²) in [5.74, 6) is 1.03. The lowest BCUT2D eigenvalue weighted by molar-refractivity contribution is -0.963. The van der Waals surface area contributed by atoms with Crippen LogP contribution in [0.3, 0.4) is 0 Å². The molecule has 0 amide bonds. The van der Waals surface area contributed by atoms with Gasteiger partial charge in [0.1, 0.15) is 11.6 Å². The molecule has 5 atom stereocenters. The summed E-state index contributed by atoms with van der Waals surface area (Å²) in [7, 11) is 3.65. The van der Waals surface area contributed by atoms with Crippen LogP contribution in [-0.4, -0.2) is 66.5 Å². The molecular formula is C24H32NO6+. The third-order valence-corrected chi connectivity index (χ3v) is 8.21. The predicted molar refractivity (Wildman–Crippen MR) is 112 cm³/mol. The van der Waals surface area contributed by atoms with Gasteiger partial charge >= 0.3 is 5.97 Å². The molecule has 0 aromatic heterocycles. The van der Waals surface area contributed by atoms with Gasteiger partial charge < -0.3 is 19.3 Å². The molecule has 2 fully saturated rings. The highest BCUT2D eigenvalue weighted by Crippen LogP contribution is 2.65. The molecule has 1 saturated carbocycles. The zero-order valence-electron chi connectivity index (χ0n) is 19.0. The van der Waals surface area contributed by atoms with Crippen molar-refractivity contribution >= 4 is 11.8 Å². The van der Waals surface area contributed by atoms with E-state index in [1.807, 2.05) is 32.9 Å². The van der Waals surface area contributed by atoms with Crippen molar-refractivity contribution in [3.05, 3.63) is 23.3 Å². The highest BCUT2D eigenvalue weighted by Gasteiger charge is 2.76. The average Bonchev–Trinajstić information content (AvgIpc) is 3.07. The van der Waals surface area contributed by atoms with E-state index in [0.717, 1.165) is 11.1 Å². The molecule has 168 valence electrons. The van der Waals surface area contributed by atoms with Crippen molar-refractivity contribution < 1.29 is 33.4 Å². The van der Waals surface area contributed by atoms with E-state index < -0.39 is 22.5 Å². The molecule has 2 aliphatic carbocycles. The third kappa shape index (κ3) is 2.47. The number of Topliss-reactive ketones (excluding diaryl/α,β-unsaturated/α-hetero) is 1. The largest absolute Gasteiger partial charge is 0.493 e. The number of hydrogen-bond donors (Lipinski definition) is 1. The number of ether oxygens (including phenoxy) is 3. The molecule has 2 heterocycles. The molecule has 2 aliphatic heterocycles. The number of rotatable bonds is 3. The van der Waals surface area contributed by atoms with Gasteiger partial charge in [-0.2, -0.15) is 0 Å². The minimum Gasteiger partial charge on any atom is -0.493 e. The fourth-order valence-corrected chi connectivity index (χ4v) is 6.56. The molecule has 1 spiro atoms. The number of nitrogens with zero attached hydrogens (tertiary/aromatic N) is 1. The Labute approximate surface area is 182 Å². The van der Waals surface area contributed by atoms with Crippen molar-refractivity contribution in [3.63, 3.8) is 0 Å². The molecule has 1 aromatic rings. The smallest absolute Gasteiger partial charge is 0.315 e. The number of carbonyl (C=O) groups excluding carboxylic acids is 2. The second-order valence-corrected chi connectivity index (χ2v) is 11.0. The molecule has 1 N–H and O–H groups in total. The first-order valence-electron chi connectivity index (χ1n) is 11.1. The Morgan fingerprint density at radius 1 is 1.32 bits per heavy atom. The molecule has 5 rings (SSSR count). The number of likely N-dealkylation sites (N-methyl/N-ethyl adjacent to an activating group) is 1. The van der Waals surface area contributed by atoms with E-state index in [-0.39, 0.29) is 30.9 Å². The van der Waals surface area contributed by atoms with Gasteiger partial charge in [-0.1, -0.05) is 6.07 Å². The summed E-state index contributed by atoms with van der Waals surface area (Å²) in [4.78, 5) is 25.5. The van der Waals surface area contributed by atoms with Crippen LogP contribution in [0.4, 0.5) is 0 Å². The van der Waals surface area contributed by atoms with Crippen LogP contribution in [0.1, 0.15) is 51.2 Å². The Kier molecular flexibility index (Phi) is 4.17. The molecule has 0 radical (unpaired) electrons. The number of likely N-dealkylation sites (tertiary alicyclic amines) is 1. The first kappa shape index (κ1) is 20.8. The number of hydrogen-bond acceptors (Lipinski definition) is 6. The normalized spacial score (nSPS) is 37.7. The highest BCUT2D eigenvalue weighted by molar-refractivity contribution is 5.90. The van der Waals surface area contributed by atoms with Gasteiger partial charge in [0.05, 0.1) is 31.5 Å². The van der Waals surface area contributed by atoms with E-state index in [4.69, 9.17) is 14.2 Å². The Hall–Kier alpha value is -2.12. The van der Waals surface area contributed by atoms with Gasteiger partial charge in [-0.3, -0.25) is 14.1 Å². The van der Waals surface area contributed by atoms with Gasteiger partial charge in [0.2, 0.25) is 6.73 Å². The van der Waals surface area contributed by atoms with E-state index in [1.54, 1.807) is 7.11 Å². The minimum absolute atomic E-state index is 0.0461. The second kappa shape index (κ2) is 6.23. The number of ketones is 1. The minimum atomic E-state index is -1.11. The average molecular weight is 431 g/mol. The molecule has 4 aliphatic rings. The molecule has 7 nitrogen and oxygen atoms in total. The number of piperidine rings is 1. The molecule has 7 heteroatoms. The predicted octanol–water partition coefficient (Wildman–Crippen LogP) is 2.11. The van der Waals surface area contributed by atoms with E-state index in [0.29, 0.717) is 41.8 Å². The summed E-state index contributed by atoms with van der Waals surface area (Å²) in [6.07, 6.45) is 1.22. The summed E-state index contributed by atoms with van der Waals surface area (Å²) in [6.45, 7) is 6.41. The van der Waals surface area contributed by atoms with Crippen LogP contribution in [0.2, 0.25) is 0 Å². The summed E-state index contributed by atoms with van der Waals surface area (Å²) in [5, 5.41) is 12.3. The zero-order valence-corrected chi connectivity index (χ0v) is 19.0. The number of carbonyl (C=O) groups is 2. The quantitative estimate of drug-likeness (QED) is 0.584. The van der Waals surface area contributed by atoms with Gasteiger partial charge in [0.25, 0.3) is 0 Å². The Balaban J connectivity index is 1.61. The van der Waals surface area contributed by atoms with E-state index in [2.05, 4.69) is 7.05 Å². The molecule has 31 heavy (non-hydrogen) atoms. The maximum atomic E-state index is 13.0. The Bertz CT molecular complexity index is 983. The maximum Gasteiger partial charge on any atom is 0.315 e. The molecule has 2 bridgehead atoms. The lowest BCUT2D eigenvalue weighted by Crippen LogP contribution is -2.81. The summed E-state index contributed by atoms with van der Waals surface area (Å²) in [6, 6.07) is 3.73. The number of aliphatic hydroxyl groups is 1. The standard InChI is InChI=1S/C24H32NO6/c1-22(2,3)21(27)30-13-25(4)11-10-23-18-14-6-7-16(29-5)19(18)31-20(23)15(26)8-9-24(23,28)17(25)12-14/h6-7,17,20,28H,8-13H2,1-5H3/q+1/t17?,20-,23-,24+,25-/m0/s1. The summed E-state index contributed by atoms with van der Waals surface area (Å²) < 4.78 is 18.0. The molecular weight excluding hydrogens is 398 g/mol. The van der Waals surface area contributed by atoms with Crippen molar-refractivity contribution in [1.82, 2.24) is 0 Å². The summed E-state index contributed by atoms with van der Waals surface area (Å²) >= 11 is 0. The third-order valence-electron chi connectivity index (χ3n) is 8.21. The van der Waals surface area contributed by atoms with Crippen molar-refractivity contribution in [2.24, 2.45) is 5.41 Å². The SMILES string of the molecule is COc1ccc2c3c1O[C@H]1C(=O)CC[C@@]4(O)C(C2)[N@+](C)(COC(=O)C(C)(C)C)CC[C@]314. The van der Waals surface area contributed by atoms with Gasteiger partial charge in [-0.05, 0) is 38.8 Å².